The fourth-order valence-electron chi connectivity index (χ4n) is 1.93. The van der Waals surface area contributed by atoms with Crippen LogP contribution in [0.3, 0.4) is 0 Å². The van der Waals surface area contributed by atoms with E-state index >= 15 is 0 Å². The molecule has 19 heavy (non-hydrogen) atoms. The van der Waals surface area contributed by atoms with E-state index in [9.17, 15) is 4.79 Å². The van der Waals surface area contributed by atoms with Gasteiger partial charge >= 0.3 is 0 Å². The number of nitrogens with one attached hydrogen (secondary N) is 1. The molecule has 0 atom stereocenters. The van der Waals surface area contributed by atoms with Gasteiger partial charge in [-0.1, -0.05) is 38.1 Å². The third-order valence-electron chi connectivity index (χ3n) is 3.14. The number of benzene rings is 1. The quantitative estimate of drug-likeness (QED) is 0.880. The van der Waals surface area contributed by atoms with Gasteiger partial charge in [0, 0.05) is 17.3 Å². The Morgan fingerprint density at radius 3 is 2.47 bits per heavy atom. The van der Waals surface area contributed by atoms with E-state index in [1.54, 1.807) is 6.20 Å². The zero-order chi connectivity index (χ0) is 13.8. The van der Waals surface area contributed by atoms with Crippen LogP contribution in [0.5, 0.6) is 0 Å². The molecule has 0 spiro atoms. The van der Waals surface area contributed by atoms with E-state index in [1.807, 2.05) is 12.1 Å². The van der Waals surface area contributed by atoms with Crippen molar-refractivity contribution in [3.8, 4) is 11.4 Å². The van der Waals surface area contributed by atoms with Gasteiger partial charge in [-0.25, -0.2) is 4.98 Å². The van der Waals surface area contributed by atoms with E-state index in [4.69, 9.17) is 5.73 Å². The Kier molecular flexibility index (Phi) is 4.12. The monoisotopic (exact) mass is 257 g/mol. The lowest BCUT2D eigenvalue weighted by Gasteiger charge is -2.07. The van der Waals surface area contributed by atoms with E-state index in [2.05, 4.69) is 35.9 Å². The van der Waals surface area contributed by atoms with Crippen LogP contribution in [0.1, 0.15) is 30.9 Å². The summed E-state index contributed by atoms with van der Waals surface area (Å²) < 4.78 is 0. The lowest BCUT2D eigenvalue weighted by molar-refractivity contribution is 0.866. The second-order valence-electron chi connectivity index (χ2n) is 4.90. The van der Waals surface area contributed by atoms with Crippen LogP contribution in [-0.2, 0) is 6.42 Å². The highest BCUT2D eigenvalue weighted by Gasteiger charge is 2.05. The maximum atomic E-state index is 11.8. The van der Waals surface area contributed by atoms with Crippen molar-refractivity contribution in [2.24, 2.45) is 5.73 Å². The van der Waals surface area contributed by atoms with Crippen LogP contribution in [0.4, 0.5) is 0 Å². The molecule has 3 N–H and O–H groups in total. The molecule has 1 aromatic heterocycles. The van der Waals surface area contributed by atoms with Crippen LogP contribution in [0, 0.1) is 0 Å². The fraction of sp³-hybridized carbons (Fsp3) is 0.333. The number of nitrogens with zero attached hydrogens (tertiary/aromatic N) is 1. The highest BCUT2D eigenvalue weighted by atomic mass is 16.1. The van der Waals surface area contributed by atoms with Gasteiger partial charge < -0.3 is 10.7 Å². The minimum Gasteiger partial charge on any atom is -0.330 e. The molecule has 0 aliphatic rings. The highest BCUT2D eigenvalue weighted by Crippen LogP contribution is 2.19. The number of aromatic amines is 1. The average Bonchev–Trinajstić information content (AvgIpc) is 2.41. The zero-order valence-electron chi connectivity index (χ0n) is 11.3. The van der Waals surface area contributed by atoms with Crippen LogP contribution in [0.2, 0.25) is 0 Å². The molecule has 2 aromatic rings. The first kappa shape index (κ1) is 13.5. The summed E-state index contributed by atoms with van der Waals surface area (Å²) in [5, 5.41) is 0. The molecule has 4 nitrogen and oxygen atoms in total. The summed E-state index contributed by atoms with van der Waals surface area (Å²) in [7, 11) is 0. The first-order chi connectivity index (χ1) is 9.11. The molecular formula is C15H19N3O. The first-order valence-electron chi connectivity index (χ1n) is 6.50. The second-order valence-corrected chi connectivity index (χ2v) is 4.90. The first-order valence-corrected chi connectivity index (χ1v) is 6.50. The smallest absolute Gasteiger partial charge is 0.254 e. The molecule has 0 fully saturated rings. The van der Waals surface area contributed by atoms with E-state index < -0.39 is 0 Å². The van der Waals surface area contributed by atoms with Gasteiger partial charge in [0.1, 0.15) is 5.82 Å². The number of aromatic nitrogens is 2. The van der Waals surface area contributed by atoms with Gasteiger partial charge in [-0.3, -0.25) is 4.79 Å². The molecular weight excluding hydrogens is 238 g/mol. The summed E-state index contributed by atoms with van der Waals surface area (Å²) in [5.41, 5.74) is 8.15. The summed E-state index contributed by atoms with van der Waals surface area (Å²) in [6.45, 7) is 4.75. The molecule has 1 aromatic carbocycles. The van der Waals surface area contributed by atoms with Crippen LogP contribution in [0.25, 0.3) is 11.4 Å². The van der Waals surface area contributed by atoms with Crippen molar-refractivity contribution >= 4 is 0 Å². The van der Waals surface area contributed by atoms with Gasteiger partial charge in [0.2, 0.25) is 0 Å². The van der Waals surface area contributed by atoms with Crippen molar-refractivity contribution in [3.05, 3.63) is 51.9 Å². The van der Waals surface area contributed by atoms with Crippen LogP contribution in [-0.4, -0.2) is 16.5 Å². The molecule has 0 bridgehead atoms. The Hall–Kier alpha value is -1.94. The standard InChI is InChI=1S/C15H19N3O/c1-10(2)11-3-5-12(6-4-11)14-17-9-13(7-8-16)15(19)18-14/h3-6,9-10H,7-8,16H2,1-2H3,(H,17,18,19). The van der Waals surface area contributed by atoms with Gasteiger partial charge in [0.25, 0.3) is 5.56 Å². The molecule has 0 amide bonds. The van der Waals surface area contributed by atoms with Crippen molar-refractivity contribution in [2.45, 2.75) is 26.2 Å². The molecule has 0 unspecified atom stereocenters. The number of rotatable bonds is 4. The van der Waals surface area contributed by atoms with Crippen molar-refractivity contribution in [3.63, 3.8) is 0 Å². The van der Waals surface area contributed by atoms with Crippen LogP contribution in [0.15, 0.2) is 35.3 Å². The average molecular weight is 257 g/mol. The second kappa shape index (κ2) is 5.80. The lowest BCUT2D eigenvalue weighted by Crippen LogP contribution is -2.17. The van der Waals surface area contributed by atoms with Crippen molar-refractivity contribution in [1.82, 2.24) is 9.97 Å². The van der Waals surface area contributed by atoms with Crippen LogP contribution >= 0.6 is 0 Å². The Balaban J connectivity index is 2.31. The van der Waals surface area contributed by atoms with Crippen LogP contribution < -0.4 is 11.3 Å². The molecule has 0 radical (unpaired) electrons. The largest absolute Gasteiger partial charge is 0.330 e. The third kappa shape index (κ3) is 3.09. The molecule has 100 valence electrons. The summed E-state index contributed by atoms with van der Waals surface area (Å²) in [6.07, 6.45) is 2.16. The Morgan fingerprint density at radius 1 is 1.26 bits per heavy atom. The van der Waals surface area contributed by atoms with Crippen molar-refractivity contribution in [1.29, 1.82) is 0 Å². The number of nitrogens with two attached hydrogens (primary N) is 1. The minimum atomic E-state index is -0.108. The SMILES string of the molecule is CC(C)c1ccc(-c2ncc(CCN)c(=O)[nH]2)cc1. The number of H-pyrrole nitrogens is 1. The molecule has 4 heteroatoms. The van der Waals surface area contributed by atoms with Gasteiger partial charge in [-0.05, 0) is 24.4 Å². The van der Waals surface area contributed by atoms with Crippen molar-refractivity contribution in [2.75, 3.05) is 6.54 Å². The fourth-order valence-corrected chi connectivity index (χ4v) is 1.93. The maximum absolute atomic E-state index is 11.8. The topological polar surface area (TPSA) is 71.8 Å². The van der Waals surface area contributed by atoms with E-state index in [-0.39, 0.29) is 5.56 Å². The molecule has 0 saturated heterocycles. The normalized spacial score (nSPS) is 10.9. The zero-order valence-corrected chi connectivity index (χ0v) is 11.3. The van der Waals surface area contributed by atoms with E-state index in [0.717, 1.165) is 5.56 Å². The molecule has 0 aliphatic heterocycles. The summed E-state index contributed by atoms with van der Waals surface area (Å²) >= 11 is 0. The molecule has 0 saturated carbocycles. The Labute approximate surface area is 112 Å². The summed E-state index contributed by atoms with van der Waals surface area (Å²) in [4.78, 5) is 18.9. The van der Waals surface area contributed by atoms with E-state index in [1.165, 1.54) is 5.56 Å². The van der Waals surface area contributed by atoms with E-state index in [0.29, 0.717) is 30.3 Å². The summed E-state index contributed by atoms with van der Waals surface area (Å²) in [6, 6.07) is 8.09. The lowest BCUT2D eigenvalue weighted by atomic mass is 10.0. The van der Waals surface area contributed by atoms with Gasteiger partial charge in [0.15, 0.2) is 0 Å². The predicted molar refractivity (Wildman–Crippen MR) is 77.1 cm³/mol. The Morgan fingerprint density at radius 2 is 1.95 bits per heavy atom. The molecule has 1 heterocycles. The summed E-state index contributed by atoms with van der Waals surface area (Å²) in [5.74, 6) is 1.09. The number of hydrogen-bond donors (Lipinski definition) is 2. The van der Waals surface area contributed by atoms with Gasteiger partial charge in [-0.2, -0.15) is 0 Å². The van der Waals surface area contributed by atoms with Crippen molar-refractivity contribution < 1.29 is 0 Å². The Bertz CT molecular complexity index is 600. The molecule has 2 rings (SSSR count). The van der Waals surface area contributed by atoms with Gasteiger partial charge in [0.05, 0.1) is 0 Å². The number of hydrogen-bond acceptors (Lipinski definition) is 3. The third-order valence-corrected chi connectivity index (χ3v) is 3.14. The highest BCUT2D eigenvalue weighted by molar-refractivity contribution is 5.55. The minimum absolute atomic E-state index is 0.108. The van der Waals surface area contributed by atoms with Gasteiger partial charge in [-0.15, -0.1) is 0 Å². The maximum Gasteiger partial charge on any atom is 0.254 e. The predicted octanol–water partition coefficient (Wildman–Crippen LogP) is 2.06. The molecule has 0 aliphatic carbocycles.